The van der Waals surface area contributed by atoms with Crippen LogP contribution in [-0.4, -0.2) is 17.6 Å². The van der Waals surface area contributed by atoms with Crippen LogP contribution in [0.15, 0.2) is 53.8 Å². The first-order chi connectivity index (χ1) is 9.50. The molecule has 3 nitrogen and oxygen atoms in total. The van der Waals surface area contributed by atoms with Crippen LogP contribution in [0.25, 0.3) is 0 Å². The molecule has 2 rings (SSSR count). The molecule has 1 aliphatic carbocycles. The highest BCUT2D eigenvalue weighted by Gasteiger charge is 2.12. The second-order valence-electron chi connectivity index (χ2n) is 4.96. The van der Waals surface area contributed by atoms with E-state index in [0.717, 1.165) is 36.1 Å². The molecular weight excluding hydrogens is 250 g/mol. The quantitative estimate of drug-likeness (QED) is 0.883. The predicted octanol–water partition coefficient (Wildman–Crippen LogP) is 3.67. The van der Waals surface area contributed by atoms with Crippen molar-refractivity contribution < 1.29 is 9.90 Å². The molecule has 2 N–H and O–H groups in total. The van der Waals surface area contributed by atoms with Crippen LogP contribution < -0.4 is 5.32 Å². The van der Waals surface area contributed by atoms with Gasteiger partial charge in [0.05, 0.1) is 0 Å². The Labute approximate surface area is 121 Å². The number of hydrogen-bond donors (Lipinski definition) is 2. The van der Waals surface area contributed by atoms with Gasteiger partial charge >= 0.3 is 5.97 Å². The first kappa shape index (κ1) is 16.0. The molecule has 1 aromatic carbocycles. The zero-order valence-corrected chi connectivity index (χ0v) is 12.3. The van der Waals surface area contributed by atoms with Crippen LogP contribution in [0.1, 0.15) is 31.7 Å². The van der Waals surface area contributed by atoms with E-state index in [1.165, 1.54) is 5.56 Å². The molecule has 0 bridgehead atoms. The number of rotatable bonds is 3. The SMILES string of the molecule is C=C1CCCC(NCC(=O)O)=C1C.Cc1ccccc1. The van der Waals surface area contributed by atoms with Gasteiger partial charge in [0, 0.05) is 5.70 Å². The van der Waals surface area contributed by atoms with Gasteiger partial charge in [0.15, 0.2) is 0 Å². The molecule has 0 aromatic heterocycles. The third kappa shape index (κ3) is 5.74. The van der Waals surface area contributed by atoms with Crippen molar-refractivity contribution >= 4 is 5.97 Å². The van der Waals surface area contributed by atoms with Crippen molar-refractivity contribution in [1.82, 2.24) is 5.32 Å². The van der Waals surface area contributed by atoms with Crippen molar-refractivity contribution in [2.45, 2.75) is 33.1 Å². The van der Waals surface area contributed by atoms with Gasteiger partial charge in [-0.25, -0.2) is 0 Å². The Balaban J connectivity index is 0.000000240. The van der Waals surface area contributed by atoms with E-state index >= 15 is 0 Å². The number of carboxylic acid groups (broad SMARTS) is 1. The third-order valence-electron chi connectivity index (χ3n) is 3.28. The Morgan fingerprint density at radius 1 is 1.25 bits per heavy atom. The van der Waals surface area contributed by atoms with Gasteiger partial charge in [0.2, 0.25) is 0 Å². The second kappa shape index (κ2) is 8.20. The fourth-order valence-corrected chi connectivity index (χ4v) is 2.00. The van der Waals surface area contributed by atoms with E-state index in [4.69, 9.17) is 5.11 Å². The number of carbonyl (C=O) groups is 1. The molecule has 20 heavy (non-hydrogen) atoms. The molecule has 0 aliphatic heterocycles. The van der Waals surface area contributed by atoms with Gasteiger partial charge in [-0.3, -0.25) is 4.79 Å². The van der Waals surface area contributed by atoms with Crippen LogP contribution in [-0.2, 0) is 4.79 Å². The summed E-state index contributed by atoms with van der Waals surface area (Å²) in [5.41, 5.74) is 4.62. The molecule has 0 heterocycles. The number of nitrogens with one attached hydrogen (secondary N) is 1. The number of allylic oxidation sites excluding steroid dienone is 3. The van der Waals surface area contributed by atoms with Crippen LogP contribution in [0.5, 0.6) is 0 Å². The highest BCUT2D eigenvalue weighted by atomic mass is 16.4. The van der Waals surface area contributed by atoms with Gasteiger partial charge in [-0.1, -0.05) is 48.0 Å². The maximum Gasteiger partial charge on any atom is 0.322 e. The minimum absolute atomic E-state index is 0.0000463. The highest BCUT2D eigenvalue weighted by Crippen LogP contribution is 2.25. The summed E-state index contributed by atoms with van der Waals surface area (Å²) in [6.45, 7) is 8.00. The minimum atomic E-state index is -0.823. The average molecular weight is 273 g/mol. The summed E-state index contributed by atoms with van der Waals surface area (Å²) >= 11 is 0. The van der Waals surface area contributed by atoms with Crippen molar-refractivity contribution in [3.05, 3.63) is 59.3 Å². The standard InChI is InChI=1S/C10H15NO2.C7H8/c1-7-4-3-5-9(8(7)2)11-6-10(12)13;1-7-5-3-2-4-6-7/h11H,1,3-6H2,2H3,(H,12,13);2-6H,1H3. The molecule has 0 fully saturated rings. The van der Waals surface area contributed by atoms with Gasteiger partial charge < -0.3 is 10.4 Å². The fraction of sp³-hybridized carbons (Fsp3) is 0.353. The van der Waals surface area contributed by atoms with Crippen molar-refractivity contribution in [3.8, 4) is 0 Å². The smallest absolute Gasteiger partial charge is 0.322 e. The zero-order valence-electron chi connectivity index (χ0n) is 12.3. The van der Waals surface area contributed by atoms with Gasteiger partial charge in [-0.15, -0.1) is 0 Å². The van der Waals surface area contributed by atoms with E-state index in [1.54, 1.807) is 0 Å². The van der Waals surface area contributed by atoms with Crippen molar-refractivity contribution in [3.63, 3.8) is 0 Å². The minimum Gasteiger partial charge on any atom is -0.480 e. The highest BCUT2D eigenvalue weighted by molar-refractivity contribution is 5.69. The van der Waals surface area contributed by atoms with E-state index in [2.05, 4.69) is 31.0 Å². The molecule has 0 spiro atoms. The molecule has 0 atom stereocenters. The Morgan fingerprint density at radius 2 is 1.90 bits per heavy atom. The maximum absolute atomic E-state index is 10.3. The summed E-state index contributed by atoms with van der Waals surface area (Å²) in [7, 11) is 0. The Hall–Kier alpha value is -2.03. The number of carboxylic acids is 1. The van der Waals surface area contributed by atoms with Crippen molar-refractivity contribution in [2.75, 3.05) is 6.54 Å². The van der Waals surface area contributed by atoms with Crippen LogP contribution >= 0.6 is 0 Å². The molecular formula is C17H23NO2. The molecule has 1 aliphatic rings. The molecule has 0 radical (unpaired) electrons. The van der Waals surface area contributed by atoms with Crippen LogP contribution in [0.2, 0.25) is 0 Å². The first-order valence-corrected chi connectivity index (χ1v) is 6.86. The van der Waals surface area contributed by atoms with Crippen molar-refractivity contribution in [2.24, 2.45) is 0 Å². The molecule has 108 valence electrons. The molecule has 3 heteroatoms. The zero-order chi connectivity index (χ0) is 15.0. The Bertz CT molecular complexity index is 489. The summed E-state index contributed by atoms with van der Waals surface area (Å²) in [6, 6.07) is 10.3. The predicted molar refractivity (Wildman–Crippen MR) is 82.5 cm³/mol. The average Bonchev–Trinajstić information content (AvgIpc) is 2.42. The Kier molecular flexibility index (Phi) is 6.57. The van der Waals surface area contributed by atoms with Gasteiger partial charge in [-0.2, -0.15) is 0 Å². The fourth-order valence-electron chi connectivity index (χ4n) is 2.00. The molecule has 0 saturated heterocycles. The first-order valence-electron chi connectivity index (χ1n) is 6.86. The van der Waals surface area contributed by atoms with Crippen molar-refractivity contribution in [1.29, 1.82) is 0 Å². The van der Waals surface area contributed by atoms with E-state index < -0.39 is 5.97 Å². The van der Waals surface area contributed by atoms with Gasteiger partial charge in [0.25, 0.3) is 0 Å². The van der Waals surface area contributed by atoms with Crippen LogP contribution in [0, 0.1) is 6.92 Å². The maximum atomic E-state index is 10.3. The normalized spacial score (nSPS) is 14.4. The Morgan fingerprint density at radius 3 is 2.40 bits per heavy atom. The van der Waals surface area contributed by atoms with Gasteiger partial charge in [0.1, 0.15) is 6.54 Å². The molecule has 1 aromatic rings. The number of aryl methyl sites for hydroxylation is 1. The number of hydrogen-bond acceptors (Lipinski definition) is 2. The van der Waals surface area contributed by atoms with Crippen LogP contribution in [0.3, 0.4) is 0 Å². The third-order valence-corrected chi connectivity index (χ3v) is 3.28. The lowest BCUT2D eigenvalue weighted by Crippen LogP contribution is -2.24. The van der Waals surface area contributed by atoms with E-state index in [0.29, 0.717) is 0 Å². The topological polar surface area (TPSA) is 49.3 Å². The summed E-state index contributed by atoms with van der Waals surface area (Å²) in [4.78, 5) is 10.3. The largest absolute Gasteiger partial charge is 0.480 e. The summed E-state index contributed by atoms with van der Waals surface area (Å²) < 4.78 is 0. The van der Waals surface area contributed by atoms with Gasteiger partial charge in [-0.05, 0) is 38.7 Å². The number of aliphatic carboxylic acids is 1. The summed E-state index contributed by atoms with van der Waals surface area (Å²) in [5, 5.41) is 11.4. The van der Waals surface area contributed by atoms with E-state index in [-0.39, 0.29) is 6.54 Å². The van der Waals surface area contributed by atoms with E-state index in [9.17, 15) is 4.79 Å². The van der Waals surface area contributed by atoms with E-state index in [1.807, 2.05) is 25.1 Å². The monoisotopic (exact) mass is 273 g/mol. The summed E-state index contributed by atoms with van der Waals surface area (Å²) in [5.74, 6) is -0.823. The molecule has 0 amide bonds. The lowest BCUT2D eigenvalue weighted by molar-refractivity contribution is -0.135. The molecule has 0 saturated carbocycles. The molecule has 0 unspecified atom stereocenters. The lowest BCUT2D eigenvalue weighted by Gasteiger charge is -2.20. The second-order valence-corrected chi connectivity index (χ2v) is 4.96. The van der Waals surface area contributed by atoms with Crippen LogP contribution in [0.4, 0.5) is 0 Å². The lowest BCUT2D eigenvalue weighted by atomic mass is 9.93. The summed E-state index contributed by atoms with van der Waals surface area (Å²) in [6.07, 6.45) is 3.04. The number of benzene rings is 1.